The standard InChI is InChI=1S/C9H12INO/c10-9-5-4-8(12-9)6-11-7-2-1-3-7/h4-5,7,11H,1-3,6H2. The normalized spacial score (nSPS) is 17.8. The lowest BCUT2D eigenvalue weighted by molar-refractivity contribution is 0.323. The number of nitrogens with one attached hydrogen (secondary N) is 1. The molecule has 1 aromatic heterocycles. The summed E-state index contributed by atoms with van der Waals surface area (Å²) in [7, 11) is 0. The SMILES string of the molecule is Ic1ccc(CNC2CCC2)o1. The molecule has 0 bridgehead atoms. The highest BCUT2D eigenvalue weighted by molar-refractivity contribution is 14.1. The Bertz CT molecular complexity index is 255. The highest BCUT2D eigenvalue weighted by atomic mass is 127. The summed E-state index contributed by atoms with van der Waals surface area (Å²) < 4.78 is 6.40. The summed E-state index contributed by atoms with van der Waals surface area (Å²) in [6.45, 7) is 0.883. The van der Waals surface area contributed by atoms with Gasteiger partial charge in [0.05, 0.1) is 6.54 Å². The predicted octanol–water partition coefficient (Wildman–Crippen LogP) is 2.53. The third kappa shape index (κ3) is 2.01. The molecule has 1 N–H and O–H groups in total. The van der Waals surface area contributed by atoms with Crippen LogP contribution >= 0.6 is 22.6 Å². The first kappa shape index (κ1) is 8.56. The maximum atomic E-state index is 5.43. The van der Waals surface area contributed by atoms with Crippen LogP contribution in [-0.2, 0) is 6.54 Å². The Balaban J connectivity index is 1.79. The van der Waals surface area contributed by atoms with Gasteiger partial charge < -0.3 is 9.73 Å². The van der Waals surface area contributed by atoms with Crippen molar-refractivity contribution in [1.29, 1.82) is 0 Å². The van der Waals surface area contributed by atoms with Gasteiger partial charge in [0.25, 0.3) is 0 Å². The van der Waals surface area contributed by atoms with E-state index in [2.05, 4.69) is 27.9 Å². The van der Waals surface area contributed by atoms with Crippen LogP contribution in [0.4, 0.5) is 0 Å². The van der Waals surface area contributed by atoms with Crippen LogP contribution in [-0.4, -0.2) is 6.04 Å². The molecule has 0 aliphatic heterocycles. The maximum absolute atomic E-state index is 5.43. The fraction of sp³-hybridized carbons (Fsp3) is 0.556. The van der Waals surface area contributed by atoms with Crippen LogP contribution in [0.1, 0.15) is 25.0 Å². The number of hydrogen-bond acceptors (Lipinski definition) is 2. The molecule has 0 saturated heterocycles. The van der Waals surface area contributed by atoms with Gasteiger partial charge in [0.1, 0.15) is 5.76 Å². The summed E-state index contributed by atoms with van der Waals surface area (Å²) >= 11 is 2.19. The van der Waals surface area contributed by atoms with E-state index < -0.39 is 0 Å². The molecule has 3 heteroatoms. The minimum Gasteiger partial charge on any atom is -0.454 e. The first-order valence-electron chi connectivity index (χ1n) is 4.32. The molecule has 1 aromatic rings. The second kappa shape index (κ2) is 3.79. The molecule has 0 radical (unpaired) electrons. The molecule has 1 saturated carbocycles. The molecule has 0 unspecified atom stereocenters. The van der Waals surface area contributed by atoms with E-state index in [0.29, 0.717) is 0 Å². The van der Waals surface area contributed by atoms with E-state index in [1.165, 1.54) is 19.3 Å². The number of halogens is 1. The summed E-state index contributed by atoms with van der Waals surface area (Å²) in [5.74, 6) is 1.05. The molecular formula is C9H12INO. The van der Waals surface area contributed by atoms with E-state index >= 15 is 0 Å². The van der Waals surface area contributed by atoms with Gasteiger partial charge in [-0.05, 0) is 47.6 Å². The average Bonchev–Trinajstić information content (AvgIpc) is 2.32. The smallest absolute Gasteiger partial charge is 0.164 e. The Kier molecular flexibility index (Phi) is 2.70. The lowest BCUT2D eigenvalue weighted by Crippen LogP contribution is -2.34. The van der Waals surface area contributed by atoms with Crippen molar-refractivity contribution < 1.29 is 4.42 Å². The summed E-state index contributed by atoms with van der Waals surface area (Å²) in [5, 5.41) is 3.45. The zero-order chi connectivity index (χ0) is 8.39. The van der Waals surface area contributed by atoms with E-state index in [9.17, 15) is 0 Å². The third-order valence-corrected chi connectivity index (χ3v) is 2.88. The van der Waals surface area contributed by atoms with Crippen molar-refractivity contribution in [2.45, 2.75) is 31.8 Å². The van der Waals surface area contributed by atoms with Gasteiger partial charge in [-0.2, -0.15) is 0 Å². The van der Waals surface area contributed by atoms with Crippen LogP contribution in [0, 0.1) is 3.77 Å². The summed E-state index contributed by atoms with van der Waals surface area (Å²) in [6.07, 6.45) is 4.04. The quantitative estimate of drug-likeness (QED) is 0.859. The van der Waals surface area contributed by atoms with Crippen LogP contribution < -0.4 is 5.32 Å². The van der Waals surface area contributed by atoms with Crippen molar-refractivity contribution in [2.75, 3.05) is 0 Å². The van der Waals surface area contributed by atoms with Gasteiger partial charge in [-0.3, -0.25) is 0 Å². The molecule has 2 rings (SSSR count). The summed E-state index contributed by atoms with van der Waals surface area (Å²) in [5.41, 5.74) is 0. The lowest BCUT2D eigenvalue weighted by Gasteiger charge is -2.25. The Labute approximate surface area is 85.9 Å². The molecule has 0 spiro atoms. The number of furan rings is 1. The number of rotatable bonds is 3. The van der Waals surface area contributed by atoms with Crippen molar-refractivity contribution in [3.05, 3.63) is 21.7 Å². The zero-order valence-electron chi connectivity index (χ0n) is 6.85. The molecule has 0 atom stereocenters. The second-order valence-corrected chi connectivity index (χ2v) is 4.28. The van der Waals surface area contributed by atoms with Gasteiger partial charge in [-0.25, -0.2) is 0 Å². The Morgan fingerprint density at radius 1 is 1.50 bits per heavy atom. The molecule has 1 heterocycles. The summed E-state index contributed by atoms with van der Waals surface area (Å²) in [6, 6.07) is 4.78. The molecule has 66 valence electrons. The van der Waals surface area contributed by atoms with E-state index in [1.807, 2.05) is 12.1 Å². The molecule has 12 heavy (non-hydrogen) atoms. The Morgan fingerprint density at radius 3 is 2.83 bits per heavy atom. The molecular weight excluding hydrogens is 265 g/mol. The first-order valence-corrected chi connectivity index (χ1v) is 5.40. The highest BCUT2D eigenvalue weighted by Gasteiger charge is 2.16. The van der Waals surface area contributed by atoms with Crippen LogP contribution in [0.2, 0.25) is 0 Å². The molecule has 1 aliphatic rings. The monoisotopic (exact) mass is 277 g/mol. The topological polar surface area (TPSA) is 25.2 Å². The second-order valence-electron chi connectivity index (χ2n) is 3.21. The van der Waals surface area contributed by atoms with Gasteiger partial charge in [-0.15, -0.1) is 0 Å². The van der Waals surface area contributed by atoms with Gasteiger partial charge in [-0.1, -0.05) is 6.42 Å². The van der Waals surface area contributed by atoms with Crippen molar-refractivity contribution >= 4 is 22.6 Å². The van der Waals surface area contributed by atoms with E-state index in [0.717, 1.165) is 22.1 Å². The van der Waals surface area contributed by atoms with Gasteiger partial charge in [0.2, 0.25) is 0 Å². The maximum Gasteiger partial charge on any atom is 0.164 e. The zero-order valence-corrected chi connectivity index (χ0v) is 9.00. The molecule has 0 amide bonds. The minimum absolute atomic E-state index is 0.743. The average molecular weight is 277 g/mol. The van der Waals surface area contributed by atoms with Crippen LogP contribution in [0.5, 0.6) is 0 Å². The van der Waals surface area contributed by atoms with Crippen LogP contribution in [0.15, 0.2) is 16.5 Å². The van der Waals surface area contributed by atoms with Gasteiger partial charge in [0, 0.05) is 6.04 Å². The van der Waals surface area contributed by atoms with E-state index in [-0.39, 0.29) is 0 Å². The lowest BCUT2D eigenvalue weighted by atomic mass is 9.93. The summed E-state index contributed by atoms with van der Waals surface area (Å²) in [4.78, 5) is 0. The van der Waals surface area contributed by atoms with Crippen molar-refractivity contribution in [1.82, 2.24) is 5.32 Å². The first-order chi connectivity index (χ1) is 5.84. The minimum atomic E-state index is 0.743. The molecule has 1 aliphatic carbocycles. The highest BCUT2D eigenvalue weighted by Crippen LogP contribution is 2.19. The Hall–Kier alpha value is -0.0300. The molecule has 1 fully saturated rings. The van der Waals surface area contributed by atoms with Crippen molar-refractivity contribution in [2.24, 2.45) is 0 Å². The number of hydrogen-bond donors (Lipinski definition) is 1. The van der Waals surface area contributed by atoms with Crippen LogP contribution in [0.25, 0.3) is 0 Å². The van der Waals surface area contributed by atoms with Gasteiger partial charge >= 0.3 is 0 Å². The fourth-order valence-electron chi connectivity index (χ4n) is 1.30. The predicted molar refractivity (Wildman–Crippen MR) is 55.9 cm³/mol. The largest absolute Gasteiger partial charge is 0.454 e. The van der Waals surface area contributed by atoms with E-state index in [1.54, 1.807) is 0 Å². The van der Waals surface area contributed by atoms with Crippen molar-refractivity contribution in [3.8, 4) is 0 Å². The molecule has 0 aromatic carbocycles. The van der Waals surface area contributed by atoms with Crippen LogP contribution in [0.3, 0.4) is 0 Å². The van der Waals surface area contributed by atoms with Gasteiger partial charge in [0.15, 0.2) is 3.77 Å². The van der Waals surface area contributed by atoms with Crippen molar-refractivity contribution in [3.63, 3.8) is 0 Å². The van der Waals surface area contributed by atoms with E-state index in [4.69, 9.17) is 4.42 Å². The molecule has 2 nitrogen and oxygen atoms in total. The third-order valence-electron chi connectivity index (χ3n) is 2.30. The Morgan fingerprint density at radius 2 is 2.33 bits per heavy atom. The fourth-order valence-corrected chi connectivity index (χ4v) is 1.77.